The SMILES string of the molecule is COc1ccc2c(C(O)c3ccc(CCCN4CCCCC4)cc3)c(C3CCCCC3)sc2c1. The number of benzene rings is 2. The number of aliphatic hydroxyl groups is 1. The zero-order valence-electron chi connectivity index (χ0n) is 20.6. The fourth-order valence-corrected chi connectivity index (χ4v) is 7.35. The Hall–Kier alpha value is -1.88. The van der Waals surface area contributed by atoms with Crippen LogP contribution in [0.3, 0.4) is 0 Å². The number of rotatable bonds is 8. The molecule has 2 aliphatic rings. The molecule has 4 heteroatoms. The highest BCUT2D eigenvalue weighted by molar-refractivity contribution is 7.19. The average Bonchev–Trinajstić information content (AvgIpc) is 3.28. The Morgan fingerprint density at radius 2 is 1.71 bits per heavy atom. The molecule has 5 rings (SSSR count). The van der Waals surface area contributed by atoms with Gasteiger partial charge >= 0.3 is 0 Å². The van der Waals surface area contributed by atoms with Gasteiger partial charge in [-0.25, -0.2) is 0 Å². The third kappa shape index (κ3) is 5.35. The number of hydrogen-bond acceptors (Lipinski definition) is 4. The fourth-order valence-electron chi connectivity index (χ4n) is 5.92. The van der Waals surface area contributed by atoms with Crippen LogP contribution in [0.4, 0.5) is 0 Å². The normalized spacial score (nSPS) is 18.9. The van der Waals surface area contributed by atoms with E-state index in [0.717, 1.165) is 23.3 Å². The van der Waals surface area contributed by atoms with E-state index >= 15 is 0 Å². The monoisotopic (exact) mass is 477 g/mol. The standard InChI is InChI=1S/C30H39NO2S/c1-33-25-16-17-26-27(21-25)34-30(24-10-4-2-5-11-24)28(26)29(32)23-14-12-22(13-15-23)9-8-20-31-18-6-3-7-19-31/h12-17,21,24,29,32H,2-11,18-20H2,1H3. The Kier molecular flexibility index (Phi) is 7.88. The minimum atomic E-state index is -0.582. The first kappa shape index (κ1) is 23.8. The van der Waals surface area contributed by atoms with Crippen molar-refractivity contribution in [2.24, 2.45) is 0 Å². The molecule has 3 nitrogen and oxygen atoms in total. The molecule has 1 atom stereocenters. The highest BCUT2D eigenvalue weighted by atomic mass is 32.1. The van der Waals surface area contributed by atoms with Crippen molar-refractivity contribution in [2.45, 2.75) is 76.2 Å². The summed E-state index contributed by atoms with van der Waals surface area (Å²) < 4.78 is 6.71. The summed E-state index contributed by atoms with van der Waals surface area (Å²) in [5, 5.41) is 12.8. The van der Waals surface area contributed by atoms with Crippen LogP contribution in [0.2, 0.25) is 0 Å². The Bertz CT molecular complexity index is 1060. The van der Waals surface area contributed by atoms with Crippen LogP contribution in [0.5, 0.6) is 5.75 Å². The number of hydrogen-bond donors (Lipinski definition) is 1. The second-order valence-electron chi connectivity index (χ2n) is 10.2. The molecular weight excluding hydrogens is 438 g/mol. The van der Waals surface area contributed by atoms with Gasteiger partial charge in [0.1, 0.15) is 11.9 Å². The number of aryl methyl sites for hydroxylation is 1. The van der Waals surface area contributed by atoms with Crippen LogP contribution >= 0.6 is 11.3 Å². The van der Waals surface area contributed by atoms with Crippen molar-refractivity contribution in [1.82, 2.24) is 4.90 Å². The van der Waals surface area contributed by atoms with Gasteiger partial charge in [0.05, 0.1) is 7.11 Å². The van der Waals surface area contributed by atoms with Gasteiger partial charge in [0, 0.05) is 15.1 Å². The molecular formula is C30H39NO2S. The van der Waals surface area contributed by atoms with Crippen LogP contribution in [0.15, 0.2) is 42.5 Å². The molecule has 0 spiro atoms. The minimum absolute atomic E-state index is 0.566. The molecule has 1 unspecified atom stereocenters. The first-order valence-corrected chi connectivity index (χ1v) is 14.1. The van der Waals surface area contributed by atoms with E-state index in [4.69, 9.17) is 4.74 Å². The summed E-state index contributed by atoms with van der Waals surface area (Å²) in [5.41, 5.74) is 3.51. The highest BCUT2D eigenvalue weighted by Gasteiger charge is 2.27. The van der Waals surface area contributed by atoms with Gasteiger partial charge in [-0.1, -0.05) is 49.9 Å². The van der Waals surface area contributed by atoms with E-state index in [9.17, 15) is 5.11 Å². The van der Waals surface area contributed by atoms with E-state index in [0.29, 0.717) is 5.92 Å². The van der Waals surface area contributed by atoms with Crippen molar-refractivity contribution in [3.05, 3.63) is 64.0 Å². The van der Waals surface area contributed by atoms with E-state index in [-0.39, 0.29) is 0 Å². The van der Waals surface area contributed by atoms with Crippen molar-refractivity contribution in [2.75, 3.05) is 26.7 Å². The largest absolute Gasteiger partial charge is 0.497 e. The summed E-state index contributed by atoms with van der Waals surface area (Å²) in [6, 6.07) is 15.1. The lowest BCUT2D eigenvalue weighted by atomic mass is 9.84. The predicted octanol–water partition coefficient (Wildman–Crippen LogP) is 7.46. The Balaban J connectivity index is 1.35. The van der Waals surface area contributed by atoms with Gasteiger partial charge in [-0.3, -0.25) is 0 Å². The number of likely N-dealkylation sites (tertiary alicyclic amines) is 1. The first-order chi connectivity index (χ1) is 16.7. The van der Waals surface area contributed by atoms with Gasteiger partial charge in [-0.05, 0) is 98.8 Å². The molecule has 3 aromatic rings. The predicted molar refractivity (Wildman–Crippen MR) is 143 cm³/mol. The Morgan fingerprint density at radius 3 is 2.44 bits per heavy atom. The van der Waals surface area contributed by atoms with Crippen LogP contribution in [-0.4, -0.2) is 36.8 Å². The lowest BCUT2D eigenvalue weighted by Crippen LogP contribution is -2.30. The smallest absolute Gasteiger partial charge is 0.120 e. The van der Waals surface area contributed by atoms with Gasteiger partial charge in [0.25, 0.3) is 0 Å². The molecule has 1 aromatic heterocycles. The molecule has 182 valence electrons. The number of ether oxygens (including phenoxy) is 1. The molecule has 0 amide bonds. The van der Waals surface area contributed by atoms with Gasteiger partial charge in [-0.15, -0.1) is 11.3 Å². The van der Waals surface area contributed by atoms with E-state index in [2.05, 4.69) is 41.3 Å². The molecule has 34 heavy (non-hydrogen) atoms. The average molecular weight is 478 g/mol. The van der Waals surface area contributed by atoms with Crippen LogP contribution in [0.1, 0.15) is 91.4 Å². The molecule has 2 aromatic carbocycles. The van der Waals surface area contributed by atoms with Crippen LogP contribution in [0, 0.1) is 0 Å². The zero-order chi connectivity index (χ0) is 23.3. The quantitative estimate of drug-likeness (QED) is 0.365. The zero-order valence-corrected chi connectivity index (χ0v) is 21.4. The van der Waals surface area contributed by atoms with Crippen molar-refractivity contribution in [3.8, 4) is 5.75 Å². The van der Waals surface area contributed by atoms with Gasteiger partial charge < -0.3 is 14.7 Å². The summed E-state index contributed by atoms with van der Waals surface area (Å²) in [6.07, 6.45) is 12.3. The van der Waals surface area contributed by atoms with Crippen LogP contribution < -0.4 is 4.74 Å². The van der Waals surface area contributed by atoms with E-state index in [1.54, 1.807) is 7.11 Å². The van der Waals surface area contributed by atoms with Crippen molar-refractivity contribution in [3.63, 3.8) is 0 Å². The maximum Gasteiger partial charge on any atom is 0.120 e. The highest BCUT2D eigenvalue weighted by Crippen LogP contribution is 2.46. The van der Waals surface area contributed by atoms with Crippen LogP contribution in [0.25, 0.3) is 10.1 Å². The van der Waals surface area contributed by atoms with Gasteiger partial charge in [0.2, 0.25) is 0 Å². The van der Waals surface area contributed by atoms with Gasteiger partial charge in [-0.2, -0.15) is 0 Å². The van der Waals surface area contributed by atoms with Gasteiger partial charge in [0.15, 0.2) is 0 Å². The molecule has 1 aliphatic heterocycles. The third-order valence-electron chi connectivity index (χ3n) is 7.90. The Morgan fingerprint density at radius 1 is 0.971 bits per heavy atom. The lowest BCUT2D eigenvalue weighted by Gasteiger charge is -2.26. The summed E-state index contributed by atoms with van der Waals surface area (Å²) in [7, 11) is 1.72. The number of methoxy groups -OCH3 is 1. The summed E-state index contributed by atoms with van der Waals surface area (Å²) in [6.45, 7) is 3.75. The van der Waals surface area contributed by atoms with Crippen molar-refractivity contribution >= 4 is 21.4 Å². The Labute approximate surface area is 208 Å². The summed E-state index contributed by atoms with van der Waals surface area (Å²) in [4.78, 5) is 4.01. The fraction of sp³-hybridized carbons (Fsp3) is 0.533. The van der Waals surface area contributed by atoms with E-state index in [1.165, 1.54) is 97.9 Å². The molecule has 1 saturated heterocycles. The molecule has 2 heterocycles. The maximum atomic E-state index is 11.6. The summed E-state index contributed by atoms with van der Waals surface area (Å²) in [5.74, 6) is 1.45. The first-order valence-electron chi connectivity index (χ1n) is 13.3. The number of piperidine rings is 1. The molecule has 1 N–H and O–H groups in total. The number of thiophene rings is 1. The third-order valence-corrected chi connectivity index (χ3v) is 9.23. The molecule has 1 aliphatic carbocycles. The number of nitrogens with zero attached hydrogens (tertiary/aromatic N) is 1. The second kappa shape index (κ2) is 11.2. The topological polar surface area (TPSA) is 32.7 Å². The molecule has 0 radical (unpaired) electrons. The second-order valence-corrected chi connectivity index (χ2v) is 11.3. The molecule has 1 saturated carbocycles. The maximum absolute atomic E-state index is 11.6. The number of fused-ring (bicyclic) bond motifs is 1. The van der Waals surface area contributed by atoms with Crippen LogP contribution in [-0.2, 0) is 6.42 Å². The van der Waals surface area contributed by atoms with Crippen molar-refractivity contribution in [1.29, 1.82) is 0 Å². The number of aliphatic hydroxyl groups excluding tert-OH is 1. The lowest BCUT2D eigenvalue weighted by molar-refractivity contribution is 0.220. The van der Waals surface area contributed by atoms with E-state index in [1.807, 2.05) is 17.4 Å². The summed E-state index contributed by atoms with van der Waals surface area (Å²) >= 11 is 1.87. The molecule has 2 fully saturated rings. The van der Waals surface area contributed by atoms with Crippen molar-refractivity contribution < 1.29 is 9.84 Å². The minimum Gasteiger partial charge on any atom is -0.497 e. The molecule has 0 bridgehead atoms. The van der Waals surface area contributed by atoms with E-state index < -0.39 is 6.10 Å².